The zero-order valence-corrected chi connectivity index (χ0v) is 19.1. The van der Waals surface area contributed by atoms with E-state index in [4.69, 9.17) is 25.8 Å². The number of ether oxygens (including phenoxy) is 3. The molecule has 6 nitrogen and oxygen atoms in total. The fourth-order valence-electron chi connectivity index (χ4n) is 3.06. The molecule has 3 aromatic rings. The summed E-state index contributed by atoms with van der Waals surface area (Å²) in [6, 6.07) is 21.6. The Morgan fingerprint density at radius 1 is 0.909 bits per heavy atom. The summed E-state index contributed by atoms with van der Waals surface area (Å²) in [5.74, 6) is 0.131. The molecule has 0 fully saturated rings. The summed E-state index contributed by atoms with van der Waals surface area (Å²) in [6.45, 7) is -0.160. The highest BCUT2D eigenvalue weighted by molar-refractivity contribution is 6.30. The maximum absolute atomic E-state index is 12.8. The smallest absolute Gasteiger partial charge is 0.339 e. The number of nitrogens with one attached hydrogen (secondary N) is 1. The first kappa shape index (κ1) is 23.9. The second-order valence-electron chi connectivity index (χ2n) is 7.02. The molecule has 0 aliphatic rings. The number of rotatable bonds is 9. The summed E-state index contributed by atoms with van der Waals surface area (Å²) in [6.07, 6.45) is 1.72. The Balaban J connectivity index is 1.64. The van der Waals surface area contributed by atoms with Crippen LogP contribution in [0.25, 0.3) is 11.6 Å². The molecular weight excluding hydrogens is 442 g/mol. The second-order valence-corrected chi connectivity index (χ2v) is 7.45. The van der Waals surface area contributed by atoms with Crippen molar-refractivity contribution >= 4 is 35.1 Å². The van der Waals surface area contributed by atoms with Crippen LogP contribution in [0.5, 0.6) is 11.5 Å². The van der Waals surface area contributed by atoms with Gasteiger partial charge in [0.05, 0.1) is 19.8 Å². The molecule has 0 saturated carbocycles. The van der Waals surface area contributed by atoms with Gasteiger partial charge in [0.15, 0.2) is 18.1 Å². The number of carbonyl (C=O) groups is 2. The van der Waals surface area contributed by atoms with Gasteiger partial charge in [-0.15, -0.1) is 0 Å². The minimum absolute atomic E-state index is 0.251. The predicted octanol–water partition coefficient (Wildman–Crippen LogP) is 4.76. The van der Waals surface area contributed by atoms with Crippen molar-refractivity contribution in [1.29, 1.82) is 0 Å². The first-order valence-electron chi connectivity index (χ1n) is 10.2. The zero-order valence-electron chi connectivity index (χ0n) is 18.3. The second kappa shape index (κ2) is 11.7. The number of benzene rings is 3. The molecule has 3 aromatic carbocycles. The van der Waals surface area contributed by atoms with E-state index in [1.807, 2.05) is 36.4 Å². The Morgan fingerprint density at radius 3 is 2.27 bits per heavy atom. The van der Waals surface area contributed by atoms with E-state index < -0.39 is 18.5 Å². The summed E-state index contributed by atoms with van der Waals surface area (Å²) >= 11 is 5.98. The predicted molar refractivity (Wildman–Crippen MR) is 128 cm³/mol. The molecule has 0 aliphatic carbocycles. The SMILES string of the molecule is COc1ccc(CNC(=O)COC(=O)/C(=C/c2ccccc2)c2ccc(Cl)cc2)cc1OC. The molecule has 0 radical (unpaired) electrons. The first-order chi connectivity index (χ1) is 16.0. The van der Waals surface area contributed by atoms with Crippen molar-refractivity contribution in [2.24, 2.45) is 0 Å². The summed E-state index contributed by atoms with van der Waals surface area (Å²) in [7, 11) is 3.10. The minimum Gasteiger partial charge on any atom is -0.493 e. The number of hydrogen-bond donors (Lipinski definition) is 1. The molecule has 0 spiro atoms. The largest absolute Gasteiger partial charge is 0.493 e. The molecule has 0 unspecified atom stereocenters. The van der Waals surface area contributed by atoms with Gasteiger partial charge < -0.3 is 19.5 Å². The molecule has 0 aromatic heterocycles. The van der Waals surface area contributed by atoms with Gasteiger partial charge in [-0.2, -0.15) is 0 Å². The van der Waals surface area contributed by atoms with Crippen LogP contribution >= 0.6 is 11.6 Å². The van der Waals surface area contributed by atoms with Gasteiger partial charge in [-0.25, -0.2) is 4.79 Å². The third-order valence-electron chi connectivity index (χ3n) is 4.76. The van der Waals surface area contributed by atoms with Crippen LogP contribution in [-0.4, -0.2) is 32.7 Å². The molecule has 0 bridgehead atoms. The van der Waals surface area contributed by atoms with E-state index in [-0.39, 0.29) is 6.54 Å². The van der Waals surface area contributed by atoms with Crippen molar-refractivity contribution in [3.63, 3.8) is 0 Å². The lowest BCUT2D eigenvalue weighted by atomic mass is 10.0. The Hall–Kier alpha value is -3.77. The Kier molecular flexibility index (Phi) is 8.49. The molecule has 0 aliphatic heterocycles. The van der Waals surface area contributed by atoms with E-state index >= 15 is 0 Å². The van der Waals surface area contributed by atoms with Crippen LogP contribution < -0.4 is 14.8 Å². The molecule has 0 heterocycles. The van der Waals surface area contributed by atoms with Gasteiger partial charge in [0.2, 0.25) is 0 Å². The third kappa shape index (κ3) is 6.85. The van der Waals surface area contributed by atoms with Crippen molar-refractivity contribution in [3.05, 3.63) is 94.5 Å². The van der Waals surface area contributed by atoms with Crippen molar-refractivity contribution in [2.75, 3.05) is 20.8 Å². The maximum atomic E-state index is 12.8. The van der Waals surface area contributed by atoms with E-state index in [0.29, 0.717) is 27.7 Å². The average molecular weight is 466 g/mol. The van der Waals surface area contributed by atoms with Crippen LogP contribution in [0.15, 0.2) is 72.8 Å². The number of amides is 1. The van der Waals surface area contributed by atoms with Crippen molar-refractivity contribution < 1.29 is 23.8 Å². The molecule has 170 valence electrons. The van der Waals surface area contributed by atoms with Crippen molar-refractivity contribution in [1.82, 2.24) is 5.32 Å². The van der Waals surface area contributed by atoms with E-state index in [0.717, 1.165) is 11.1 Å². The number of methoxy groups -OCH3 is 2. The quantitative estimate of drug-likeness (QED) is 0.280. The summed E-state index contributed by atoms with van der Waals surface area (Å²) in [4.78, 5) is 25.1. The van der Waals surface area contributed by atoms with Crippen LogP contribution in [0.1, 0.15) is 16.7 Å². The normalized spacial score (nSPS) is 10.9. The topological polar surface area (TPSA) is 73.9 Å². The van der Waals surface area contributed by atoms with Gasteiger partial charge in [0.25, 0.3) is 5.91 Å². The molecule has 1 N–H and O–H groups in total. The highest BCUT2D eigenvalue weighted by Crippen LogP contribution is 2.27. The van der Waals surface area contributed by atoms with Gasteiger partial charge in [-0.05, 0) is 47.0 Å². The van der Waals surface area contributed by atoms with Gasteiger partial charge in [-0.1, -0.05) is 60.1 Å². The molecular formula is C26H24ClNO5. The molecule has 7 heteroatoms. The standard InChI is InChI=1S/C26H24ClNO5/c1-31-23-13-8-19(15-24(23)32-2)16-28-25(29)17-33-26(30)22(14-18-6-4-3-5-7-18)20-9-11-21(27)12-10-20/h3-15H,16-17H2,1-2H3,(H,28,29)/b22-14+. The average Bonchev–Trinajstić information content (AvgIpc) is 2.85. The Labute approximate surface area is 197 Å². The van der Waals surface area contributed by atoms with Crippen LogP contribution in [0, 0.1) is 0 Å². The van der Waals surface area contributed by atoms with Crippen LogP contribution in [-0.2, 0) is 20.9 Å². The summed E-state index contributed by atoms with van der Waals surface area (Å²) in [5, 5.41) is 3.29. The van der Waals surface area contributed by atoms with Crippen molar-refractivity contribution in [3.8, 4) is 11.5 Å². The van der Waals surface area contributed by atoms with Gasteiger partial charge >= 0.3 is 5.97 Å². The number of hydrogen-bond acceptors (Lipinski definition) is 5. The zero-order chi connectivity index (χ0) is 23.6. The monoisotopic (exact) mass is 465 g/mol. The van der Waals surface area contributed by atoms with E-state index in [9.17, 15) is 9.59 Å². The summed E-state index contributed by atoms with van der Waals surface area (Å²) < 4.78 is 15.8. The van der Waals surface area contributed by atoms with Crippen LogP contribution in [0.3, 0.4) is 0 Å². The lowest BCUT2D eigenvalue weighted by Gasteiger charge is -2.11. The highest BCUT2D eigenvalue weighted by atomic mass is 35.5. The maximum Gasteiger partial charge on any atom is 0.339 e. The fraction of sp³-hybridized carbons (Fsp3) is 0.154. The van der Waals surface area contributed by atoms with E-state index in [1.54, 1.807) is 56.7 Å². The lowest BCUT2D eigenvalue weighted by Crippen LogP contribution is -2.28. The molecule has 0 atom stereocenters. The van der Waals surface area contributed by atoms with E-state index in [1.165, 1.54) is 0 Å². The lowest BCUT2D eigenvalue weighted by molar-refractivity contribution is -0.142. The molecule has 3 rings (SSSR count). The highest BCUT2D eigenvalue weighted by Gasteiger charge is 2.16. The van der Waals surface area contributed by atoms with E-state index in [2.05, 4.69) is 5.32 Å². The van der Waals surface area contributed by atoms with Crippen LogP contribution in [0.2, 0.25) is 5.02 Å². The molecule has 1 amide bonds. The van der Waals surface area contributed by atoms with Gasteiger partial charge in [-0.3, -0.25) is 4.79 Å². The summed E-state index contributed by atoms with van der Waals surface area (Å²) in [5.41, 5.74) is 2.61. The molecule has 33 heavy (non-hydrogen) atoms. The number of halogens is 1. The molecule has 0 saturated heterocycles. The van der Waals surface area contributed by atoms with Gasteiger partial charge in [0, 0.05) is 11.6 Å². The number of esters is 1. The number of carbonyl (C=O) groups excluding carboxylic acids is 2. The Morgan fingerprint density at radius 2 is 1.61 bits per heavy atom. The first-order valence-corrected chi connectivity index (χ1v) is 10.6. The Bertz CT molecular complexity index is 1130. The minimum atomic E-state index is -0.609. The van der Waals surface area contributed by atoms with Crippen LogP contribution in [0.4, 0.5) is 0 Å². The van der Waals surface area contributed by atoms with Gasteiger partial charge in [0.1, 0.15) is 0 Å². The fourth-order valence-corrected chi connectivity index (χ4v) is 3.18. The third-order valence-corrected chi connectivity index (χ3v) is 5.01. The van der Waals surface area contributed by atoms with Crippen molar-refractivity contribution in [2.45, 2.75) is 6.54 Å².